The first-order valence-electron chi connectivity index (χ1n) is 8.77. The highest BCUT2D eigenvalue weighted by atomic mass is 16.5. The number of likely N-dealkylation sites (tertiary alicyclic amines) is 1. The van der Waals surface area contributed by atoms with Gasteiger partial charge in [-0.25, -0.2) is 0 Å². The number of rotatable bonds is 3. The third kappa shape index (κ3) is 3.78. The molecule has 2 aliphatic heterocycles. The van der Waals surface area contributed by atoms with Gasteiger partial charge in [-0.3, -0.25) is 4.79 Å². The van der Waals surface area contributed by atoms with Crippen molar-refractivity contribution in [2.24, 2.45) is 5.92 Å². The van der Waals surface area contributed by atoms with E-state index in [1.54, 1.807) is 0 Å². The molecule has 0 amide bonds. The number of carbonyl (C=O) groups is 1. The molecule has 120 valence electrons. The van der Waals surface area contributed by atoms with Gasteiger partial charge in [-0.1, -0.05) is 19.3 Å². The smallest absolute Gasteiger partial charge is 0.303 e. The van der Waals surface area contributed by atoms with Crippen molar-refractivity contribution < 1.29 is 14.6 Å². The van der Waals surface area contributed by atoms with Gasteiger partial charge in [0.25, 0.3) is 0 Å². The Morgan fingerprint density at radius 3 is 2.52 bits per heavy atom. The maximum Gasteiger partial charge on any atom is 0.303 e. The zero-order chi connectivity index (χ0) is 14.7. The van der Waals surface area contributed by atoms with Crippen molar-refractivity contribution in [3.05, 3.63) is 0 Å². The largest absolute Gasteiger partial charge is 0.481 e. The van der Waals surface area contributed by atoms with Crippen molar-refractivity contribution in [3.8, 4) is 0 Å². The molecule has 0 aromatic carbocycles. The lowest BCUT2D eigenvalue weighted by Gasteiger charge is -2.48. The molecule has 1 spiro atoms. The summed E-state index contributed by atoms with van der Waals surface area (Å²) in [6, 6.07) is 0.669. The van der Waals surface area contributed by atoms with Crippen LogP contribution in [0.25, 0.3) is 0 Å². The highest BCUT2D eigenvalue weighted by molar-refractivity contribution is 5.67. The molecular formula is C17H29NO3. The Morgan fingerprint density at radius 1 is 1.14 bits per heavy atom. The van der Waals surface area contributed by atoms with E-state index in [0.29, 0.717) is 18.4 Å². The first kappa shape index (κ1) is 15.3. The van der Waals surface area contributed by atoms with Crippen molar-refractivity contribution in [1.29, 1.82) is 0 Å². The van der Waals surface area contributed by atoms with E-state index in [2.05, 4.69) is 4.90 Å². The summed E-state index contributed by atoms with van der Waals surface area (Å²) in [5.74, 6) is -0.247. The van der Waals surface area contributed by atoms with E-state index < -0.39 is 5.97 Å². The van der Waals surface area contributed by atoms with E-state index in [1.807, 2.05) is 0 Å². The lowest BCUT2D eigenvalue weighted by molar-refractivity contribution is -0.139. The van der Waals surface area contributed by atoms with Gasteiger partial charge >= 0.3 is 5.97 Å². The summed E-state index contributed by atoms with van der Waals surface area (Å²) in [4.78, 5) is 13.4. The minimum Gasteiger partial charge on any atom is -0.481 e. The van der Waals surface area contributed by atoms with E-state index in [1.165, 1.54) is 38.5 Å². The zero-order valence-corrected chi connectivity index (χ0v) is 13.1. The number of piperidine rings is 1. The fourth-order valence-corrected chi connectivity index (χ4v) is 4.63. The third-order valence-electron chi connectivity index (χ3n) is 5.86. The number of nitrogens with zero attached hydrogens (tertiary/aromatic N) is 1. The molecule has 1 saturated carbocycles. The molecule has 0 bridgehead atoms. The van der Waals surface area contributed by atoms with Gasteiger partial charge in [-0.05, 0) is 57.5 Å². The van der Waals surface area contributed by atoms with Crippen LogP contribution in [0.4, 0.5) is 0 Å². The van der Waals surface area contributed by atoms with Crippen molar-refractivity contribution in [2.45, 2.75) is 75.9 Å². The molecule has 0 aromatic rings. The van der Waals surface area contributed by atoms with Crippen LogP contribution in [-0.2, 0) is 9.53 Å². The Kier molecular flexibility index (Phi) is 4.85. The first-order valence-corrected chi connectivity index (χ1v) is 8.77. The standard InChI is InChI=1S/C17H29NO3/c19-16(20)12-14-4-9-18(10-5-14)15-6-11-21-17(13-15)7-2-1-3-8-17/h14-15H,1-13H2,(H,19,20). The van der Waals surface area contributed by atoms with Crippen LogP contribution in [0.2, 0.25) is 0 Å². The van der Waals surface area contributed by atoms with E-state index in [0.717, 1.165) is 39.0 Å². The first-order chi connectivity index (χ1) is 10.2. The number of hydrogen-bond acceptors (Lipinski definition) is 3. The highest BCUT2D eigenvalue weighted by Gasteiger charge is 2.40. The van der Waals surface area contributed by atoms with Gasteiger partial charge in [0, 0.05) is 19.1 Å². The van der Waals surface area contributed by atoms with E-state index in [9.17, 15) is 4.79 Å². The van der Waals surface area contributed by atoms with Crippen molar-refractivity contribution in [3.63, 3.8) is 0 Å². The molecule has 1 unspecified atom stereocenters. The van der Waals surface area contributed by atoms with Crippen LogP contribution in [0.15, 0.2) is 0 Å². The maximum atomic E-state index is 10.8. The molecule has 3 rings (SSSR count). The molecule has 1 atom stereocenters. The molecule has 0 aromatic heterocycles. The molecule has 4 nitrogen and oxygen atoms in total. The second-order valence-corrected chi connectivity index (χ2v) is 7.32. The number of aliphatic carboxylic acids is 1. The second kappa shape index (κ2) is 6.66. The predicted molar refractivity (Wildman–Crippen MR) is 81.3 cm³/mol. The minimum absolute atomic E-state index is 0.180. The molecule has 3 aliphatic rings. The van der Waals surface area contributed by atoms with Gasteiger partial charge in [-0.2, -0.15) is 0 Å². The van der Waals surface area contributed by atoms with Crippen molar-refractivity contribution in [2.75, 3.05) is 19.7 Å². The fourth-order valence-electron chi connectivity index (χ4n) is 4.63. The molecule has 1 N–H and O–H groups in total. The highest BCUT2D eigenvalue weighted by Crippen LogP contribution is 2.40. The predicted octanol–water partition coefficient (Wildman–Crippen LogP) is 3.06. The van der Waals surface area contributed by atoms with Gasteiger partial charge in [-0.15, -0.1) is 0 Å². The molecule has 1 aliphatic carbocycles. The van der Waals surface area contributed by atoms with E-state index >= 15 is 0 Å². The van der Waals surface area contributed by atoms with Gasteiger partial charge in [0.15, 0.2) is 0 Å². The van der Waals surface area contributed by atoms with Gasteiger partial charge in [0.05, 0.1) is 5.60 Å². The van der Waals surface area contributed by atoms with Crippen LogP contribution < -0.4 is 0 Å². The minimum atomic E-state index is -0.638. The number of carboxylic acids is 1. The van der Waals surface area contributed by atoms with Gasteiger partial charge in [0.2, 0.25) is 0 Å². The summed E-state index contributed by atoms with van der Waals surface area (Å²) >= 11 is 0. The fraction of sp³-hybridized carbons (Fsp3) is 0.941. The van der Waals surface area contributed by atoms with Crippen LogP contribution in [-0.4, -0.2) is 47.3 Å². The van der Waals surface area contributed by atoms with Crippen LogP contribution in [0.3, 0.4) is 0 Å². The maximum absolute atomic E-state index is 10.8. The molecule has 0 radical (unpaired) electrons. The Balaban J connectivity index is 1.52. The average molecular weight is 295 g/mol. The lowest BCUT2D eigenvalue weighted by atomic mass is 9.77. The monoisotopic (exact) mass is 295 g/mol. The molecule has 2 heterocycles. The SMILES string of the molecule is O=C(O)CC1CCN(C2CCOC3(CCCCC3)C2)CC1. The summed E-state index contributed by atoms with van der Waals surface area (Å²) in [7, 11) is 0. The summed E-state index contributed by atoms with van der Waals surface area (Å²) < 4.78 is 6.20. The van der Waals surface area contributed by atoms with E-state index in [-0.39, 0.29) is 5.60 Å². The Bertz CT molecular complexity index is 352. The van der Waals surface area contributed by atoms with E-state index in [4.69, 9.17) is 9.84 Å². The Hall–Kier alpha value is -0.610. The summed E-state index contributed by atoms with van der Waals surface area (Å²) in [5, 5.41) is 8.92. The van der Waals surface area contributed by atoms with Gasteiger partial charge in [0.1, 0.15) is 0 Å². The zero-order valence-electron chi connectivity index (χ0n) is 13.1. The Morgan fingerprint density at radius 2 is 1.86 bits per heavy atom. The molecule has 3 fully saturated rings. The quantitative estimate of drug-likeness (QED) is 0.869. The average Bonchev–Trinajstić information content (AvgIpc) is 2.48. The molecular weight excluding hydrogens is 266 g/mol. The second-order valence-electron chi connectivity index (χ2n) is 7.32. The number of ether oxygens (including phenoxy) is 1. The van der Waals surface area contributed by atoms with Crippen LogP contribution in [0.5, 0.6) is 0 Å². The molecule has 21 heavy (non-hydrogen) atoms. The summed E-state index contributed by atoms with van der Waals surface area (Å²) in [6.45, 7) is 3.08. The Labute approximate surface area is 127 Å². The topological polar surface area (TPSA) is 49.8 Å². The van der Waals surface area contributed by atoms with Crippen LogP contribution in [0.1, 0.15) is 64.2 Å². The lowest BCUT2D eigenvalue weighted by Crippen LogP contribution is -2.51. The van der Waals surface area contributed by atoms with Crippen LogP contribution >= 0.6 is 0 Å². The third-order valence-corrected chi connectivity index (χ3v) is 5.86. The van der Waals surface area contributed by atoms with Gasteiger partial charge < -0.3 is 14.7 Å². The number of carboxylic acid groups (broad SMARTS) is 1. The van der Waals surface area contributed by atoms with Crippen LogP contribution in [0, 0.1) is 5.92 Å². The van der Waals surface area contributed by atoms with Crippen molar-refractivity contribution in [1.82, 2.24) is 4.90 Å². The summed E-state index contributed by atoms with van der Waals surface area (Å²) in [6.07, 6.45) is 11.3. The molecule has 2 saturated heterocycles. The van der Waals surface area contributed by atoms with Crippen molar-refractivity contribution >= 4 is 5.97 Å². The summed E-state index contributed by atoms with van der Waals surface area (Å²) in [5.41, 5.74) is 0.180. The normalized spacial score (nSPS) is 31.3. The number of hydrogen-bond donors (Lipinski definition) is 1. The molecule has 4 heteroatoms.